The summed E-state index contributed by atoms with van der Waals surface area (Å²) in [5.41, 5.74) is 3.25. The second-order valence-corrected chi connectivity index (χ2v) is 5.85. The van der Waals surface area contributed by atoms with Crippen LogP contribution in [0.3, 0.4) is 0 Å². The molecule has 1 aromatic rings. The zero-order valence-corrected chi connectivity index (χ0v) is 10.8. The summed E-state index contributed by atoms with van der Waals surface area (Å²) in [5.74, 6) is 0.867. The molecule has 17 heavy (non-hydrogen) atoms. The van der Waals surface area contributed by atoms with Crippen molar-refractivity contribution in [1.29, 1.82) is 0 Å². The molecule has 2 fully saturated rings. The van der Waals surface area contributed by atoms with Gasteiger partial charge in [0.15, 0.2) is 0 Å². The van der Waals surface area contributed by atoms with Crippen molar-refractivity contribution in [3.8, 4) is 0 Å². The molecule has 1 saturated heterocycles. The minimum atomic E-state index is 0.308. The molecule has 3 rings (SSSR count). The molecule has 92 valence electrons. The minimum absolute atomic E-state index is 0.308. The first-order valence-electron chi connectivity index (χ1n) is 7.13. The smallest absolute Gasteiger partial charge is 0.0463 e. The summed E-state index contributed by atoms with van der Waals surface area (Å²) in [6.07, 6.45) is 8.35. The molecule has 0 spiro atoms. The van der Waals surface area contributed by atoms with E-state index in [0.29, 0.717) is 5.54 Å². The van der Waals surface area contributed by atoms with E-state index >= 15 is 0 Å². The minimum Gasteiger partial charge on any atom is -0.307 e. The largest absolute Gasteiger partial charge is 0.307 e. The van der Waals surface area contributed by atoms with E-state index < -0.39 is 0 Å². The second kappa shape index (κ2) is 4.45. The second-order valence-electron chi connectivity index (χ2n) is 5.85. The molecule has 1 nitrogen and oxygen atoms in total. The fraction of sp³-hybridized carbons (Fsp3) is 0.625. The molecular weight excluding hydrogens is 206 g/mol. The van der Waals surface area contributed by atoms with Crippen molar-refractivity contribution in [1.82, 2.24) is 5.32 Å². The van der Waals surface area contributed by atoms with Gasteiger partial charge in [-0.15, -0.1) is 0 Å². The standard InChI is InChI=1S/C16H23N/c1-13-6-4-8-15(12-13)16-10-3-2-7-14(16)9-5-11-17-16/h4,6,8,12,14,17H,2-3,5,7,9-11H2,1H3/t14-,16-/m1/s1. The van der Waals surface area contributed by atoms with Crippen molar-refractivity contribution in [2.24, 2.45) is 5.92 Å². The maximum absolute atomic E-state index is 3.88. The fourth-order valence-electron chi connectivity index (χ4n) is 3.93. The van der Waals surface area contributed by atoms with Crippen LogP contribution in [0.2, 0.25) is 0 Å². The van der Waals surface area contributed by atoms with Crippen molar-refractivity contribution >= 4 is 0 Å². The predicted octanol–water partition coefficient (Wildman–Crippen LogP) is 3.76. The van der Waals surface area contributed by atoms with Crippen LogP contribution >= 0.6 is 0 Å². The van der Waals surface area contributed by atoms with Crippen molar-refractivity contribution in [2.75, 3.05) is 6.54 Å². The molecule has 0 aromatic heterocycles. The van der Waals surface area contributed by atoms with Crippen LogP contribution in [0, 0.1) is 12.8 Å². The van der Waals surface area contributed by atoms with Gasteiger partial charge in [0, 0.05) is 5.54 Å². The quantitative estimate of drug-likeness (QED) is 0.773. The summed E-state index contributed by atoms with van der Waals surface area (Å²) < 4.78 is 0. The van der Waals surface area contributed by atoms with E-state index in [1.54, 1.807) is 5.56 Å². The molecule has 1 heteroatoms. The number of nitrogens with one attached hydrogen (secondary N) is 1. The number of piperidine rings is 1. The van der Waals surface area contributed by atoms with Crippen LogP contribution in [0.1, 0.15) is 49.7 Å². The Hall–Kier alpha value is -0.820. The first kappa shape index (κ1) is 11.3. The highest BCUT2D eigenvalue weighted by Gasteiger charge is 2.43. The van der Waals surface area contributed by atoms with Crippen LogP contribution in [0.5, 0.6) is 0 Å². The molecule has 1 saturated carbocycles. The van der Waals surface area contributed by atoms with Crippen molar-refractivity contribution in [3.63, 3.8) is 0 Å². The summed E-state index contributed by atoms with van der Waals surface area (Å²) in [4.78, 5) is 0. The van der Waals surface area contributed by atoms with E-state index in [-0.39, 0.29) is 0 Å². The van der Waals surface area contributed by atoms with Crippen molar-refractivity contribution < 1.29 is 0 Å². The van der Waals surface area contributed by atoms with E-state index in [1.807, 2.05) is 0 Å². The first-order chi connectivity index (χ1) is 8.31. The number of fused-ring (bicyclic) bond motifs is 1. The van der Waals surface area contributed by atoms with E-state index in [4.69, 9.17) is 0 Å². The molecule has 0 radical (unpaired) electrons. The number of rotatable bonds is 1. The molecule has 0 bridgehead atoms. The van der Waals surface area contributed by atoms with E-state index in [0.717, 1.165) is 5.92 Å². The van der Waals surface area contributed by atoms with Crippen LogP contribution < -0.4 is 5.32 Å². The zero-order chi connectivity index (χ0) is 11.7. The van der Waals surface area contributed by atoms with Crippen LogP contribution in [-0.4, -0.2) is 6.54 Å². The average Bonchev–Trinajstić information content (AvgIpc) is 2.39. The number of aryl methyl sites for hydroxylation is 1. The lowest BCUT2D eigenvalue weighted by Gasteiger charge is -2.49. The Morgan fingerprint density at radius 2 is 2.06 bits per heavy atom. The Morgan fingerprint density at radius 1 is 1.18 bits per heavy atom. The van der Waals surface area contributed by atoms with E-state index in [2.05, 4.69) is 36.5 Å². The Balaban J connectivity index is 2.00. The topological polar surface area (TPSA) is 12.0 Å². The summed E-state index contributed by atoms with van der Waals surface area (Å²) in [6.45, 7) is 3.41. The maximum atomic E-state index is 3.88. The lowest BCUT2D eigenvalue weighted by Crippen LogP contribution is -2.53. The molecule has 1 aromatic carbocycles. The van der Waals surface area contributed by atoms with Gasteiger partial charge in [0.25, 0.3) is 0 Å². The number of benzene rings is 1. The van der Waals surface area contributed by atoms with Crippen molar-refractivity contribution in [2.45, 2.75) is 51.0 Å². The summed E-state index contributed by atoms with van der Waals surface area (Å²) >= 11 is 0. The third-order valence-electron chi connectivity index (χ3n) is 4.77. The van der Waals surface area contributed by atoms with E-state index in [1.165, 1.54) is 50.6 Å². The molecule has 1 aliphatic heterocycles. The fourth-order valence-corrected chi connectivity index (χ4v) is 3.93. The zero-order valence-electron chi connectivity index (χ0n) is 10.8. The highest BCUT2D eigenvalue weighted by Crippen LogP contribution is 2.45. The maximum Gasteiger partial charge on any atom is 0.0463 e. The van der Waals surface area contributed by atoms with Gasteiger partial charge in [0.2, 0.25) is 0 Å². The van der Waals surface area contributed by atoms with Crippen LogP contribution in [0.4, 0.5) is 0 Å². The molecule has 1 heterocycles. The monoisotopic (exact) mass is 229 g/mol. The Morgan fingerprint density at radius 3 is 2.94 bits per heavy atom. The molecular formula is C16H23N. The normalized spacial score (nSPS) is 33.1. The van der Waals surface area contributed by atoms with Crippen LogP contribution in [-0.2, 0) is 5.54 Å². The van der Waals surface area contributed by atoms with Gasteiger partial charge in [-0.05, 0) is 50.6 Å². The lowest BCUT2D eigenvalue weighted by atomic mass is 9.65. The van der Waals surface area contributed by atoms with E-state index in [9.17, 15) is 0 Å². The van der Waals surface area contributed by atoms with Gasteiger partial charge in [-0.3, -0.25) is 0 Å². The van der Waals surface area contributed by atoms with Gasteiger partial charge in [0.1, 0.15) is 0 Å². The summed E-state index contributed by atoms with van der Waals surface area (Å²) in [5, 5.41) is 3.88. The molecule has 0 unspecified atom stereocenters. The van der Waals surface area contributed by atoms with Gasteiger partial charge in [-0.1, -0.05) is 42.7 Å². The predicted molar refractivity (Wildman–Crippen MR) is 72.1 cm³/mol. The third kappa shape index (κ3) is 1.91. The lowest BCUT2D eigenvalue weighted by molar-refractivity contribution is 0.101. The van der Waals surface area contributed by atoms with Gasteiger partial charge in [0.05, 0.1) is 0 Å². The van der Waals surface area contributed by atoms with Gasteiger partial charge in [-0.25, -0.2) is 0 Å². The molecule has 1 N–H and O–H groups in total. The van der Waals surface area contributed by atoms with Crippen molar-refractivity contribution in [3.05, 3.63) is 35.4 Å². The molecule has 1 aliphatic carbocycles. The highest BCUT2D eigenvalue weighted by molar-refractivity contribution is 5.31. The van der Waals surface area contributed by atoms with Gasteiger partial charge < -0.3 is 5.32 Å². The highest BCUT2D eigenvalue weighted by atomic mass is 15.0. The van der Waals surface area contributed by atoms with Crippen LogP contribution in [0.15, 0.2) is 24.3 Å². The summed E-state index contributed by atoms with van der Waals surface area (Å²) in [6, 6.07) is 9.17. The SMILES string of the molecule is Cc1cccc([C@@]23CCCC[C@@H]2CCCN3)c1. The molecule has 2 aliphatic rings. The number of hydrogen-bond acceptors (Lipinski definition) is 1. The molecule has 2 atom stereocenters. The van der Waals surface area contributed by atoms with Gasteiger partial charge in [-0.2, -0.15) is 0 Å². The average molecular weight is 229 g/mol. The van der Waals surface area contributed by atoms with Gasteiger partial charge >= 0.3 is 0 Å². The summed E-state index contributed by atoms with van der Waals surface area (Å²) in [7, 11) is 0. The Kier molecular flexibility index (Phi) is 2.96. The Labute approximate surface area is 105 Å². The number of hydrogen-bond donors (Lipinski definition) is 1. The molecule has 0 amide bonds. The third-order valence-corrected chi connectivity index (χ3v) is 4.77. The van der Waals surface area contributed by atoms with Crippen LogP contribution in [0.25, 0.3) is 0 Å². The first-order valence-corrected chi connectivity index (χ1v) is 7.13. The Bertz CT molecular complexity index is 384.